The van der Waals surface area contributed by atoms with Gasteiger partial charge >= 0.3 is 0 Å². The summed E-state index contributed by atoms with van der Waals surface area (Å²) < 4.78 is 3.69. The van der Waals surface area contributed by atoms with Crippen LogP contribution in [-0.2, 0) is 0 Å². The molecule has 1 aliphatic rings. The minimum absolute atomic E-state index is 0.367. The average molecular weight is 220 g/mol. The largest absolute Gasteiger partial charge is 0.118 e. The summed E-state index contributed by atoms with van der Waals surface area (Å²) in [5.74, 6) is 0. The fourth-order valence-corrected chi connectivity index (χ4v) is 2.27. The maximum atomic E-state index is 2.37. The molecule has 0 fully saturated rings. The molecule has 0 bridgehead atoms. The SMILES string of the molecule is CC1=CC=CCI=C1. The van der Waals surface area contributed by atoms with Gasteiger partial charge in [-0.05, 0) is 16.5 Å². The zero-order valence-electron chi connectivity index (χ0n) is 4.89. The molecule has 0 aromatic carbocycles. The second-order valence-electron chi connectivity index (χ2n) is 1.76. The molecule has 1 aliphatic heterocycles. The van der Waals surface area contributed by atoms with E-state index in [1.54, 1.807) is 0 Å². The molecule has 0 saturated carbocycles. The van der Waals surface area contributed by atoms with Crippen LogP contribution in [0.25, 0.3) is 0 Å². The molecule has 0 nitrogen and oxygen atoms in total. The van der Waals surface area contributed by atoms with Crippen LogP contribution in [-0.4, -0.2) is 8.44 Å². The van der Waals surface area contributed by atoms with Crippen molar-refractivity contribution in [3.05, 3.63) is 23.8 Å². The van der Waals surface area contributed by atoms with E-state index in [0.29, 0.717) is 20.7 Å². The van der Waals surface area contributed by atoms with E-state index in [1.807, 2.05) is 0 Å². The van der Waals surface area contributed by atoms with Crippen LogP contribution in [0.3, 0.4) is 0 Å². The van der Waals surface area contributed by atoms with Crippen LogP contribution in [0.5, 0.6) is 0 Å². The van der Waals surface area contributed by atoms with Crippen LogP contribution in [0.1, 0.15) is 6.92 Å². The Hall–Kier alpha value is 0.0800. The fraction of sp³-hybridized carbons (Fsp3) is 0.286. The molecular formula is C7H9I. The van der Waals surface area contributed by atoms with Crippen molar-refractivity contribution >= 4 is 24.7 Å². The van der Waals surface area contributed by atoms with Gasteiger partial charge in [-0.2, -0.15) is 0 Å². The molecule has 0 aromatic rings. The lowest BCUT2D eigenvalue weighted by atomic mass is 10.3. The van der Waals surface area contributed by atoms with Crippen LogP contribution >= 0.6 is 20.7 Å². The highest BCUT2D eigenvalue weighted by molar-refractivity contribution is 14.2. The minimum atomic E-state index is 0.367. The number of allylic oxidation sites excluding steroid dienone is 4. The van der Waals surface area contributed by atoms with Crippen molar-refractivity contribution in [2.24, 2.45) is 0 Å². The topological polar surface area (TPSA) is 0 Å². The lowest BCUT2D eigenvalue weighted by Gasteiger charge is -1.80. The second-order valence-corrected chi connectivity index (χ2v) is 4.14. The van der Waals surface area contributed by atoms with Crippen molar-refractivity contribution in [1.82, 2.24) is 0 Å². The van der Waals surface area contributed by atoms with Crippen molar-refractivity contribution < 1.29 is 0 Å². The van der Waals surface area contributed by atoms with Crippen LogP contribution in [0.4, 0.5) is 0 Å². The zero-order chi connectivity index (χ0) is 5.82. The normalized spacial score (nSPS) is 18.9. The van der Waals surface area contributed by atoms with Gasteiger partial charge in [-0.15, -0.1) is 20.7 Å². The smallest absolute Gasteiger partial charge is 0.0131 e. The standard InChI is InChI=1S/C7H9I/c1-7-4-2-3-5-8-6-7/h2-4,6H,5H2,1H3. The van der Waals surface area contributed by atoms with Gasteiger partial charge < -0.3 is 0 Å². The van der Waals surface area contributed by atoms with Gasteiger partial charge in [0.15, 0.2) is 0 Å². The first-order valence-electron chi connectivity index (χ1n) is 2.64. The number of rotatable bonds is 0. The highest BCUT2D eigenvalue weighted by atomic mass is 127. The summed E-state index contributed by atoms with van der Waals surface area (Å²) >= 11 is 0.367. The number of hydrogen-bond acceptors (Lipinski definition) is 0. The molecule has 0 amide bonds. The van der Waals surface area contributed by atoms with Crippen molar-refractivity contribution in [2.45, 2.75) is 6.92 Å². The number of halogens is 1. The zero-order valence-corrected chi connectivity index (χ0v) is 7.05. The first kappa shape index (κ1) is 6.20. The van der Waals surface area contributed by atoms with E-state index in [9.17, 15) is 0 Å². The third-order valence-electron chi connectivity index (χ3n) is 0.923. The monoisotopic (exact) mass is 220 g/mol. The molecule has 1 heterocycles. The number of hydrogen-bond donors (Lipinski definition) is 0. The fourth-order valence-electron chi connectivity index (χ4n) is 0.525. The van der Waals surface area contributed by atoms with Crippen molar-refractivity contribution in [3.8, 4) is 0 Å². The molecular weight excluding hydrogens is 211 g/mol. The molecule has 44 valence electrons. The van der Waals surface area contributed by atoms with E-state index in [1.165, 1.54) is 10.0 Å². The first-order chi connectivity index (χ1) is 3.89. The predicted octanol–water partition coefficient (Wildman–Crippen LogP) is 2.28. The Bertz CT molecular complexity index is 152. The summed E-state index contributed by atoms with van der Waals surface area (Å²) in [4.78, 5) is 0. The van der Waals surface area contributed by atoms with Crippen LogP contribution < -0.4 is 0 Å². The van der Waals surface area contributed by atoms with E-state index < -0.39 is 0 Å². The average Bonchev–Trinajstić information content (AvgIpc) is 1.94. The van der Waals surface area contributed by atoms with Crippen molar-refractivity contribution in [1.29, 1.82) is 0 Å². The Morgan fingerprint density at radius 1 is 1.62 bits per heavy atom. The second kappa shape index (κ2) is 3.17. The maximum absolute atomic E-state index is 2.37. The Kier molecular flexibility index (Phi) is 2.46. The van der Waals surface area contributed by atoms with Crippen LogP contribution in [0.2, 0.25) is 0 Å². The Morgan fingerprint density at radius 3 is 3.38 bits per heavy atom. The van der Waals surface area contributed by atoms with Gasteiger partial charge in [-0.1, -0.05) is 18.2 Å². The molecule has 8 heavy (non-hydrogen) atoms. The molecule has 0 N–H and O–H groups in total. The highest BCUT2D eigenvalue weighted by Crippen LogP contribution is 2.04. The van der Waals surface area contributed by atoms with E-state index >= 15 is 0 Å². The predicted molar refractivity (Wildman–Crippen MR) is 47.8 cm³/mol. The minimum Gasteiger partial charge on any atom is -0.118 e. The molecule has 0 radical (unpaired) electrons. The van der Waals surface area contributed by atoms with E-state index in [-0.39, 0.29) is 0 Å². The Morgan fingerprint density at radius 2 is 2.50 bits per heavy atom. The summed E-state index contributed by atoms with van der Waals surface area (Å²) in [5, 5.41) is 0. The van der Waals surface area contributed by atoms with Gasteiger partial charge in [0.2, 0.25) is 0 Å². The van der Waals surface area contributed by atoms with Crippen molar-refractivity contribution in [2.75, 3.05) is 4.43 Å². The van der Waals surface area contributed by atoms with Gasteiger partial charge in [0.1, 0.15) is 0 Å². The third kappa shape index (κ3) is 1.90. The summed E-state index contributed by atoms with van der Waals surface area (Å²) in [6.07, 6.45) is 6.57. The molecule has 1 rings (SSSR count). The number of alkyl halides is 1. The molecule has 0 atom stereocenters. The van der Waals surface area contributed by atoms with Gasteiger partial charge in [-0.3, -0.25) is 0 Å². The summed E-state index contributed by atoms with van der Waals surface area (Å²) in [5.41, 5.74) is 1.44. The van der Waals surface area contributed by atoms with Gasteiger partial charge in [0, 0.05) is 4.43 Å². The Balaban J connectivity index is 2.73. The van der Waals surface area contributed by atoms with E-state index in [4.69, 9.17) is 0 Å². The molecule has 0 unspecified atom stereocenters. The maximum Gasteiger partial charge on any atom is 0.0131 e. The molecule has 0 saturated heterocycles. The van der Waals surface area contributed by atoms with Gasteiger partial charge in [-0.25, -0.2) is 0 Å². The van der Waals surface area contributed by atoms with Gasteiger partial charge in [0.05, 0.1) is 0 Å². The van der Waals surface area contributed by atoms with E-state index in [0.717, 1.165) is 0 Å². The Labute approximate surface area is 60.0 Å². The first-order valence-corrected chi connectivity index (χ1v) is 5.41. The van der Waals surface area contributed by atoms with E-state index in [2.05, 4.69) is 29.2 Å². The third-order valence-corrected chi connectivity index (χ3v) is 3.36. The lowest BCUT2D eigenvalue weighted by molar-refractivity contribution is 1.63. The molecule has 0 spiro atoms. The molecule has 0 aliphatic carbocycles. The van der Waals surface area contributed by atoms with Crippen molar-refractivity contribution in [3.63, 3.8) is 0 Å². The summed E-state index contributed by atoms with van der Waals surface area (Å²) in [7, 11) is 0. The highest BCUT2D eigenvalue weighted by Gasteiger charge is 1.81. The molecule has 1 heteroatoms. The lowest BCUT2D eigenvalue weighted by Crippen LogP contribution is -1.67. The summed E-state index contributed by atoms with van der Waals surface area (Å²) in [6, 6.07) is 0. The van der Waals surface area contributed by atoms with Gasteiger partial charge in [0.25, 0.3) is 0 Å². The molecule has 0 aromatic heterocycles. The van der Waals surface area contributed by atoms with Crippen LogP contribution in [0, 0.1) is 0 Å². The quantitative estimate of drug-likeness (QED) is 0.434. The van der Waals surface area contributed by atoms with Crippen LogP contribution in [0.15, 0.2) is 23.8 Å². The summed E-state index contributed by atoms with van der Waals surface area (Å²) in [6.45, 7) is 2.16.